The summed E-state index contributed by atoms with van der Waals surface area (Å²) in [5.74, 6) is 0.0803. The van der Waals surface area contributed by atoms with Crippen molar-refractivity contribution in [1.82, 2.24) is 9.80 Å². The van der Waals surface area contributed by atoms with E-state index in [0.29, 0.717) is 13.1 Å². The fraction of sp³-hybridized carbons (Fsp3) is 0.727. The lowest BCUT2D eigenvalue weighted by molar-refractivity contribution is -0.134. The molecule has 0 spiro atoms. The third-order valence-electron chi connectivity index (χ3n) is 2.67. The highest BCUT2D eigenvalue weighted by Crippen LogP contribution is 2.07. The Labute approximate surface area is 98.8 Å². The molecule has 0 saturated carbocycles. The molecule has 1 aliphatic rings. The molecule has 1 aliphatic heterocycles. The highest BCUT2D eigenvalue weighted by Gasteiger charge is 2.23. The first-order chi connectivity index (χ1) is 7.54. The lowest BCUT2D eigenvalue weighted by atomic mass is 10.3. The Balaban J connectivity index is 2.61. The lowest BCUT2D eigenvalue weighted by Crippen LogP contribution is -2.40. The number of hydrogen-bond acceptors (Lipinski definition) is 2. The van der Waals surface area contributed by atoms with Gasteiger partial charge in [-0.05, 0) is 19.8 Å². The number of ketones is 1. The minimum absolute atomic E-state index is 0.0388. The number of amides is 1. The summed E-state index contributed by atoms with van der Waals surface area (Å²) in [7, 11) is 3.53. The largest absolute Gasteiger partial charge is 0.334 e. The third kappa shape index (κ3) is 3.69. The molecule has 0 N–H and O–H groups in total. The van der Waals surface area contributed by atoms with Crippen molar-refractivity contribution in [1.29, 1.82) is 0 Å². The second kappa shape index (κ2) is 6.12. The molecule has 1 heterocycles. The summed E-state index contributed by atoms with van der Waals surface area (Å²) in [5, 5.41) is 0. The van der Waals surface area contributed by atoms with E-state index >= 15 is 0 Å². The molecule has 16 heavy (non-hydrogen) atoms. The van der Waals surface area contributed by atoms with Crippen molar-refractivity contribution >= 4 is 26.0 Å². The van der Waals surface area contributed by atoms with Crippen molar-refractivity contribution in [2.75, 3.05) is 26.2 Å². The van der Waals surface area contributed by atoms with Crippen molar-refractivity contribution < 1.29 is 9.59 Å². The van der Waals surface area contributed by atoms with Crippen molar-refractivity contribution in [3.05, 3.63) is 0 Å². The number of rotatable bonds is 4. The van der Waals surface area contributed by atoms with E-state index < -0.39 is 0 Å². The van der Waals surface area contributed by atoms with Gasteiger partial charge in [-0.2, -0.15) is 0 Å². The van der Waals surface area contributed by atoms with Crippen LogP contribution >= 0.6 is 8.86 Å². The number of hydrogen-bond donors (Lipinski definition) is 0. The Morgan fingerprint density at radius 1 is 1.44 bits per heavy atom. The Morgan fingerprint density at radius 2 is 2.12 bits per heavy atom. The molecular formula is C11H19N2O2P. The van der Waals surface area contributed by atoms with Gasteiger partial charge >= 0.3 is 0 Å². The zero-order valence-electron chi connectivity index (χ0n) is 9.95. The Bertz CT molecular complexity index is 304. The van der Waals surface area contributed by atoms with Crippen LogP contribution in [0.2, 0.25) is 0 Å². The fourth-order valence-electron chi connectivity index (χ4n) is 1.81. The van der Waals surface area contributed by atoms with Crippen molar-refractivity contribution in [3.8, 4) is 0 Å². The molecule has 1 fully saturated rings. The van der Waals surface area contributed by atoms with Gasteiger partial charge < -0.3 is 4.90 Å². The second-order valence-corrected chi connectivity index (χ2v) is 4.67. The summed E-state index contributed by atoms with van der Waals surface area (Å²) >= 11 is 0. The lowest BCUT2D eigenvalue weighted by Gasteiger charge is -2.21. The predicted molar refractivity (Wildman–Crippen MR) is 67.1 cm³/mol. The van der Waals surface area contributed by atoms with Gasteiger partial charge in [0, 0.05) is 18.5 Å². The highest BCUT2D eigenvalue weighted by atomic mass is 31.0. The summed E-state index contributed by atoms with van der Waals surface area (Å²) in [5.41, 5.74) is 1.05. The molecule has 90 valence electrons. The number of carbonyl (C=O) groups is 2. The summed E-state index contributed by atoms with van der Waals surface area (Å²) < 4.78 is 0. The van der Waals surface area contributed by atoms with Crippen LogP contribution < -0.4 is 0 Å². The zero-order valence-corrected chi connectivity index (χ0v) is 11.0. The van der Waals surface area contributed by atoms with Crippen LogP contribution in [0.4, 0.5) is 0 Å². The van der Waals surface area contributed by atoms with Crippen LogP contribution in [0, 0.1) is 0 Å². The number of carbonyl (C=O) groups excluding carboxylic acids is 2. The van der Waals surface area contributed by atoms with E-state index in [9.17, 15) is 9.59 Å². The molecule has 0 radical (unpaired) electrons. The van der Waals surface area contributed by atoms with E-state index in [1.807, 2.05) is 11.8 Å². The van der Waals surface area contributed by atoms with Crippen LogP contribution in [0.1, 0.15) is 26.7 Å². The molecule has 0 atom stereocenters. The Morgan fingerprint density at radius 3 is 2.69 bits per heavy atom. The summed E-state index contributed by atoms with van der Waals surface area (Å²) in [4.78, 5) is 26.6. The van der Waals surface area contributed by atoms with Gasteiger partial charge in [-0.1, -0.05) is 6.92 Å². The molecule has 0 bridgehead atoms. The maximum atomic E-state index is 11.9. The average molecular weight is 242 g/mol. The molecule has 0 unspecified atom stereocenters. The summed E-state index contributed by atoms with van der Waals surface area (Å²) in [6.45, 7) is 5.73. The molecule has 1 amide bonds. The van der Waals surface area contributed by atoms with Gasteiger partial charge in [0.05, 0.1) is 13.1 Å². The number of Topliss-reactive ketones (excluding diaryl/α,β-unsaturated/α-hetero) is 1. The van der Waals surface area contributed by atoms with Crippen molar-refractivity contribution in [2.24, 2.45) is 0 Å². The van der Waals surface area contributed by atoms with Gasteiger partial charge in [-0.25, -0.2) is 0 Å². The zero-order chi connectivity index (χ0) is 12.1. The van der Waals surface area contributed by atoms with E-state index in [-0.39, 0.29) is 18.2 Å². The van der Waals surface area contributed by atoms with Crippen LogP contribution in [0.5, 0.6) is 0 Å². The van der Waals surface area contributed by atoms with Crippen LogP contribution in [0.15, 0.2) is 0 Å². The maximum Gasteiger partial charge on any atom is 0.237 e. The summed E-state index contributed by atoms with van der Waals surface area (Å²) in [6.07, 6.45) is 1.80. The first-order valence-corrected chi connectivity index (χ1v) is 6.14. The molecule has 5 heteroatoms. The minimum atomic E-state index is 0.0388. The number of nitrogens with zero attached hydrogens (tertiary/aromatic N) is 2. The van der Waals surface area contributed by atoms with Gasteiger partial charge in [0.2, 0.25) is 5.91 Å². The second-order valence-electron chi connectivity index (χ2n) is 4.09. The van der Waals surface area contributed by atoms with Crippen molar-refractivity contribution in [3.63, 3.8) is 0 Å². The standard InChI is InChI=1S/C11H19N2O2P/c1-3-11(16)13-6-4-5-12(7-9(2)14)10(15)8-13/h16H,3-8H2,1-2H3. The van der Waals surface area contributed by atoms with Crippen LogP contribution in [0.3, 0.4) is 0 Å². The SMILES string of the molecule is CCC(=P)N1CCCN(CC(C)=O)C(=O)C1. The first-order valence-electron chi connectivity index (χ1n) is 5.64. The molecular weight excluding hydrogens is 223 g/mol. The minimum Gasteiger partial charge on any atom is -0.334 e. The van der Waals surface area contributed by atoms with Gasteiger partial charge in [0.1, 0.15) is 5.78 Å². The highest BCUT2D eigenvalue weighted by molar-refractivity contribution is 7.20. The topological polar surface area (TPSA) is 40.6 Å². The quantitative estimate of drug-likeness (QED) is 0.684. The van der Waals surface area contributed by atoms with Gasteiger partial charge in [-0.3, -0.25) is 14.5 Å². The smallest absolute Gasteiger partial charge is 0.237 e. The van der Waals surface area contributed by atoms with E-state index in [1.165, 1.54) is 6.92 Å². The average Bonchev–Trinajstić information content (AvgIpc) is 2.40. The molecule has 0 aliphatic carbocycles. The maximum absolute atomic E-state index is 11.9. The Kier molecular flexibility index (Phi) is 5.10. The van der Waals surface area contributed by atoms with E-state index in [4.69, 9.17) is 0 Å². The van der Waals surface area contributed by atoms with Crippen LogP contribution in [-0.2, 0) is 9.59 Å². The molecule has 1 rings (SSSR count). The van der Waals surface area contributed by atoms with Gasteiger partial charge in [0.15, 0.2) is 0 Å². The van der Waals surface area contributed by atoms with E-state index in [2.05, 4.69) is 8.86 Å². The normalized spacial score (nSPS) is 18.4. The van der Waals surface area contributed by atoms with Crippen LogP contribution in [-0.4, -0.2) is 53.1 Å². The van der Waals surface area contributed by atoms with Gasteiger partial charge in [-0.15, -0.1) is 8.86 Å². The van der Waals surface area contributed by atoms with E-state index in [0.717, 1.165) is 24.8 Å². The van der Waals surface area contributed by atoms with Crippen molar-refractivity contribution in [2.45, 2.75) is 26.7 Å². The molecule has 1 saturated heterocycles. The molecule has 0 aromatic rings. The Hall–Kier alpha value is -0.730. The fourth-order valence-corrected chi connectivity index (χ4v) is 2.00. The summed E-state index contributed by atoms with van der Waals surface area (Å²) in [6, 6.07) is 0. The van der Waals surface area contributed by atoms with Crippen LogP contribution in [0.25, 0.3) is 0 Å². The molecule has 0 aromatic carbocycles. The van der Waals surface area contributed by atoms with Gasteiger partial charge in [0.25, 0.3) is 0 Å². The monoisotopic (exact) mass is 242 g/mol. The first kappa shape index (κ1) is 13.3. The third-order valence-corrected chi connectivity index (χ3v) is 3.33. The van der Waals surface area contributed by atoms with E-state index in [1.54, 1.807) is 4.90 Å². The predicted octanol–water partition coefficient (Wildman–Crippen LogP) is 0.792. The molecule has 0 aromatic heterocycles. The molecule has 4 nitrogen and oxygen atoms in total.